The highest BCUT2D eigenvalue weighted by molar-refractivity contribution is 6.13. The number of fused-ring (bicyclic) bond motifs is 20. The van der Waals surface area contributed by atoms with Crippen molar-refractivity contribution in [3.63, 3.8) is 0 Å². The maximum Gasteiger partial charge on any atom is 0.160 e. The number of hydrogen-bond donors (Lipinski definition) is 0. The maximum absolute atomic E-state index is 6.80. The van der Waals surface area contributed by atoms with Crippen molar-refractivity contribution in [3.8, 4) is 56.2 Å². The lowest BCUT2D eigenvalue weighted by atomic mass is 9.51. The Morgan fingerprint density at radius 3 is 1.48 bits per heavy atom. The molecule has 0 N–H and O–H groups in total. The minimum Gasteiger partial charge on any atom is -0.456 e. The smallest absolute Gasteiger partial charge is 0.160 e. The van der Waals surface area contributed by atoms with Crippen LogP contribution in [0.5, 0.6) is 0 Å². The first kappa shape index (κ1) is 34.6. The van der Waals surface area contributed by atoms with Crippen LogP contribution < -0.4 is 0 Å². The molecule has 2 aromatic heterocycles. The average Bonchev–Trinajstić information content (AvgIpc) is 3.99. The van der Waals surface area contributed by atoms with Crippen molar-refractivity contribution < 1.29 is 4.42 Å². The van der Waals surface area contributed by atoms with Gasteiger partial charge in [0.1, 0.15) is 11.2 Å². The molecule has 2 heterocycles. The van der Waals surface area contributed by atoms with Crippen LogP contribution in [0.3, 0.4) is 0 Å². The van der Waals surface area contributed by atoms with Crippen LogP contribution in [0.15, 0.2) is 223 Å². The fourth-order valence-electron chi connectivity index (χ4n) is 11.9. The van der Waals surface area contributed by atoms with Crippen LogP contribution in [0.1, 0.15) is 44.5 Å². The lowest BCUT2D eigenvalue weighted by Gasteiger charge is -2.49. The molecule has 3 nitrogen and oxygen atoms in total. The van der Waals surface area contributed by atoms with E-state index in [1.807, 2.05) is 6.07 Å². The van der Waals surface area contributed by atoms with Gasteiger partial charge in [0.25, 0.3) is 0 Å². The number of rotatable bonds is 3. The number of aromatic nitrogens is 2. The van der Waals surface area contributed by atoms with Gasteiger partial charge in [-0.3, -0.25) is 0 Å². The molecule has 292 valence electrons. The van der Waals surface area contributed by atoms with Crippen LogP contribution in [0.25, 0.3) is 78.1 Å². The molecule has 63 heavy (non-hydrogen) atoms. The fourth-order valence-corrected chi connectivity index (χ4v) is 11.9. The summed E-state index contributed by atoms with van der Waals surface area (Å²) >= 11 is 0. The molecule has 2 spiro atoms. The molecular formula is C60H36N2O. The summed E-state index contributed by atoms with van der Waals surface area (Å²) in [5, 5.41) is 2.26. The molecule has 0 atom stereocenters. The Labute approximate surface area is 364 Å². The van der Waals surface area contributed by atoms with E-state index in [1.54, 1.807) is 0 Å². The number of para-hydroxylation sites is 1. The van der Waals surface area contributed by atoms with Crippen molar-refractivity contribution in [2.24, 2.45) is 0 Å². The molecule has 14 rings (SSSR count). The summed E-state index contributed by atoms with van der Waals surface area (Å²) in [6.07, 6.45) is 0. The summed E-state index contributed by atoms with van der Waals surface area (Å²) in [6, 6.07) is 79.7. The van der Waals surface area contributed by atoms with Gasteiger partial charge < -0.3 is 4.42 Å². The van der Waals surface area contributed by atoms with Crippen molar-refractivity contribution in [2.45, 2.75) is 10.8 Å². The third-order valence-corrected chi connectivity index (χ3v) is 14.2. The Balaban J connectivity index is 1.18. The molecule has 0 bridgehead atoms. The first-order valence-electron chi connectivity index (χ1n) is 21.7. The standard InChI is InChI=1S/C60H36N2O/c1-3-18-37(19-4-1)51-36-52(62-58(61-51)38-20-5-2-6-21-38)43-26-17-25-41-42-34-35-54-55(44-24-9-16-33-53(44)63-54)57(42)60(56(41)43)49-31-14-12-29-47(49)59(48-30-13-15-32-50(48)60)45-27-10-7-22-39(45)40-23-8-11-28-46(40)59/h1-36H. The molecule has 11 aromatic rings. The van der Waals surface area contributed by atoms with Gasteiger partial charge in [0.2, 0.25) is 0 Å². The molecule has 9 aromatic carbocycles. The van der Waals surface area contributed by atoms with Crippen LogP contribution in [-0.4, -0.2) is 9.97 Å². The normalized spacial score (nSPS) is 14.3. The monoisotopic (exact) mass is 800 g/mol. The molecule has 0 radical (unpaired) electrons. The van der Waals surface area contributed by atoms with Crippen LogP contribution in [-0.2, 0) is 10.8 Å². The Bertz CT molecular complexity index is 3540. The molecule has 3 aliphatic rings. The van der Waals surface area contributed by atoms with Crippen LogP contribution in [0.2, 0.25) is 0 Å². The van der Waals surface area contributed by atoms with E-state index in [-0.39, 0.29) is 0 Å². The number of hydrogen-bond acceptors (Lipinski definition) is 3. The molecule has 0 amide bonds. The summed E-state index contributed by atoms with van der Waals surface area (Å²) in [6.45, 7) is 0. The van der Waals surface area contributed by atoms with Crippen LogP contribution >= 0.6 is 0 Å². The van der Waals surface area contributed by atoms with Gasteiger partial charge in [0.15, 0.2) is 5.82 Å². The lowest BCUT2D eigenvalue weighted by Crippen LogP contribution is -2.44. The van der Waals surface area contributed by atoms with E-state index >= 15 is 0 Å². The Morgan fingerprint density at radius 2 is 0.810 bits per heavy atom. The first-order chi connectivity index (χ1) is 31.3. The second-order valence-electron chi connectivity index (χ2n) is 17.1. The fraction of sp³-hybridized carbons (Fsp3) is 0.0333. The Kier molecular flexibility index (Phi) is 6.97. The summed E-state index contributed by atoms with van der Waals surface area (Å²) in [5.74, 6) is 0.694. The molecule has 3 heteroatoms. The summed E-state index contributed by atoms with van der Waals surface area (Å²) in [4.78, 5) is 10.8. The summed E-state index contributed by atoms with van der Waals surface area (Å²) in [5.41, 5.74) is 20.5. The minimum atomic E-state index is -0.789. The SMILES string of the molecule is c1ccc(-c2cc(-c3cccc4c3C3(c5ccccc5C5(c6ccccc6-c6ccccc65)c5ccccc53)c3c-4ccc4oc5ccccc5c34)nc(-c3ccccc3)n2)cc1. The largest absolute Gasteiger partial charge is 0.456 e. The molecule has 3 aliphatic carbocycles. The molecule has 0 unspecified atom stereocenters. The highest BCUT2D eigenvalue weighted by Gasteiger charge is 2.60. The van der Waals surface area contributed by atoms with Crippen molar-refractivity contribution >= 4 is 21.9 Å². The highest BCUT2D eigenvalue weighted by atomic mass is 16.3. The van der Waals surface area contributed by atoms with E-state index in [2.05, 4.69) is 212 Å². The number of nitrogens with zero attached hydrogens (tertiary/aromatic N) is 2. The van der Waals surface area contributed by atoms with Gasteiger partial charge in [-0.1, -0.05) is 200 Å². The summed E-state index contributed by atoms with van der Waals surface area (Å²) < 4.78 is 6.80. The highest BCUT2D eigenvalue weighted by Crippen LogP contribution is 2.69. The summed E-state index contributed by atoms with van der Waals surface area (Å²) in [7, 11) is 0. The second-order valence-corrected chi connectivity index (χ2v) is 17.1. The van der Waals surface area contributed by atoms with Crippen LogP contribution in [0.4, 0.5) is 0 Å². The van der Waals surface area contributed by atoms with Crippen molar-refractivity contribution in [1.29, 1.82) is 0 Å². The van der Waals surface area contributed by atoms with E-state index in [4.69, 9.17) is 14.4 Å². The predicted molar refractivity (Wildman–Crippen MR) is 254 cm³/mol. The van der Waals surface area contributed by atoms with Crippen LogP contribution in [0, 0.1) is 0 Å². The van der Waals surface area contributed by atoms with Gasteiger partial charge in [-0.25, -0.2) is 9.97 Å². The van der Waals surface area contributed by atoms with E-state index in [0.29, 0.717) is 5.82 Å². The third-order valence-electron chi connectivity index (χ3n) is 14.2. The molecular weight excluding hydrogens is 765 g/mol. The Hall–Kier alpha value is -8.14. The quantitative estimate of drug-likeness (QED) is 0.179. The first-order valence-corrected chi connectivity index (χ1v) is 21.7. The minimum absolute atomic E-state index is 0.564. The van der Waals surface area contributed by atoms with Gasteiger partial charge in [0, 0.05) is 27.5 Å². The Morgan fingerprint density at radius 1 is 0.317 bits per heavy atom. The van der Waals surface area contributed by atoms with Gasteiger partial charge in [-0.2, -0.15) is 0 Å². The molecule has 0 saturated heterocycles. The van der Waals surface area contributed by atoms with Crippen molar-refractivity contribution in [3.05, 3.63) is 263 Å². The molecule has 0 saturated carbocycles. The zero-order valence-electron chi connectivity index (χ0n) is 34.1. The van der Waals surface area contributed by atoms with E-state index in [0.717, 1.165) is 50.0 Å². The number of benzene rings is 9. The number of furan rings is 1. The topological polar surface area (TPSA) is 38.9 Å². The van der Waals surface area contributed by atoms with Gasteiger partial charge in [-0.05, 0) is 85.0 Å². The van der Waals surface area contributed by atoms with Gasteiger partial charge in [0.05, 0.1) is 22.2 Å². The zero-order valence-corrected chi connectivity index (χ0v) is 34.1. The van der Waals surface area contributed by atoms with Crippen molar-refractivity contribution in [2.75, 3.05) is 0 Å². The predicted octanol–water partition coefficient (Wildman–Crippen LogP) is 14.4. The van der Waals surface area contributed by atoms with E-state index in [1.165, 1.54) is 66.8 Å². The van der Waals surface area contributed by atoms with Gasteiger partial charge in [-0.15, -0.1) is 0 Å². The lowest BCUT2D eigenvalue weighted by molar-refractivity contribution is 0.635. The van der Waals surface area contributed by atoms with E-state index in [9.17, 15) is 0 Å². The molecule has 0 aliphatic heterocycles. The zero-order chi connectivity index (χ0) is 41.3. The molecule has 0 fully saturated rings. The van der Waals surface area contributed by atoms with Crippen molar-refractivity contribution in [1.82, 2.24) is 9.97 Å². The average molecular weight is 801 g/mol. The van der Waals surface area contributed by atoms with E-state index < -0.39 is 10.8 Å². The third kappa shape index (κ3) is 4.38. The second kappa shape index (κ2) is 12.7. The van der Waals surface area contributed by atoms with Gasteiger partial charge >= 0.3 is 0 Å². The maximum atomic E-state index is 6.80.